The molecular weight excluding hydrogens is 236 g/mol. The van der Waals surface area contributed by atoms with E-state index in [1.807, 2.05) is 25.1 Å². The lowest BCUT2D eigenvalue weighted by Crippen LogP contribution is -2.37. The molecule has 0 fully saturated rings. The second kappa shape index (κ2) is 8.70. The van der Waals surface area contributed by atoms with E-state index in [9.17, 15) is 4.79 Å². The minimum atomic E-state index is -0.00803. The maximum absolute atomic E-state index is 11.8. The summed E-state index contributed by atoms with van der Waals surface area (Å²) in [6, 6.07) is 10.5. The molecule has 2 atom stereocenters. The van der Waals surface area contributed by atoms with Crippen molar-refractivity contribution in [2.45, 2.75) is 58.0 Å². The van der Waals surface area contributed by atoms with Crippen LogP contribution in [0.4, 0.5) is 0 Å². The van der Waals surface area contributed by atoms with Crippen molar-refractivity contribution in [3.63, 3.8) is 0 Å². The Hall–Kier alpha value is -1.35. The summed E-state index contributed by atoms with van der Waals surface area (Å²) in [5.74, 6) is 0.0708. The van der Waals surface area contributed by atoms with Crippen LogP contribution in [0.25, 0.3) is 0 Å². The number of carbonyl (C=O) groups is 1. The van der Waals surface area contributed by atoms with Crippen LogP contribution >= 0.6 is 0 Å². The zero-order valence-corrected chi connectivity index (χ0v) is 12.1. The van der Waals surface area contributed by atoms with Gasteiger partial charge in [-0.2, -0.15) is 0 Å². The third kappa shape index (κ3) is 6.97. The number of hydrogen-bond donors (Lipinski definition) is 2. The largest absolute Gasteiger partial charge is 0.354 e. The van der Waals surface area contributed by atoms with Crippen molar-refractivity contribution >= 4 is 5.91 Å². The summed E-state index contributed by atoms with van der Waals surface area (Å²) in [5.41, 5.74) is 7.18. The number of amides is 1. The summed E-state index contributed by atoms with van der Waals surface area (Å²) in [6.45, 7) is 4.13. The van der Waals surface area contributed by atoms with Crippen molar-refractivity contribution in [2.75, 3.05) is 0 Å². The summed E-state index contributed by atoms with van der Waals surface area (Å²) >= 11 is 0. The van der Waals surface area contributed by atoms with Crippen LogP contribution in [0.15, 0.2) is 30.3 Å². The van der Waals surface area contributed by atoms with Crippen molar-refractivity contribution in [2.24, 2.45) is 5.73 Å². The van der Waals surface area contributed by atoms with Gasteiger partial charge in [0.25, 0.3) is 0 Å². The Morgan fingerprint density at radius 1 is 1.26 bits per heavy atom. The van der Waals surface area contributed by atoms with Gasteiger partial charge in [-0.05, 0) is 31.7 Å². The molecule has 0 aliphatic heterocycles. The maximum atomic E-state index is 11.8. The molecule has 2 unspecified atom stereocenters. The first-order valence-electron chi connectivity index (χ1n) is 7.20. The van der Waals surface area contributed by atoms with Crippen LogP contribution in [0.2, 0.25) is 0 Å². The average Bonchev–Trinajstić information content (AvgIpc) is 2.37. The number of benzene rings is 1. The van der Waals surface area contributed by atoms with Gasteiger partial charge in [0.2, 0.25) is 5.91 Å². The van der Waals surface area contributed by atoms with Crippen LogP contribution in [-0.4, -0.2) is 18.0 Å². The van der Waals surface area contributed by atoms with Gasteiger partial charge >= 0.3 is 0 Å². The molecule has 1 rings (SSSR count). The van der Waals surface area contributed by atoms with Gasteiger partial charge in [-0.25, -0.2) is 0 Å². The first-order chi connectivity index (χ1) is 9.11. The molecule has 3 heteroatoms. The molecule has 19 heavy (non-hydrogen) atoms. The number of aryl methyl sites for hydroxylation is 1. The fourth-order valence-electron chi connectivity index (χ4n) is 2.14. The Labute approximate surface area is 116 Å². The second-order valence-electron chi connectivity index (χ2n) is 5.25. The molecule has 0 saturated heterocycles. The third-order valence-electron chi connectivity index (χ3n) is 3.22. The van der Waals surface area contributed by atoms with E-state index in [4.69, 9.17) is 5.73 Å². The predicted molar refractivity (Wildman–Crippen MR) is 79.9 cm³/mol. The molecule has 0 aliphatic rings. The molecule has 0 spiro atoms. The van der Waals surface area contributed by atoms with Gasteiger partial charge < -0.3 is 11.1 Å². The minimum Gasteiger partial charge on any atom is -0.354 e. The molecule has 0 heterocycles. The normalized spacial score (nSPS) is 13.8. The molecule has 0 radical (unpaired) electrons. The zero-order chi connectivity index (χ0) is 14.1. The smallest absolute Gasteiger partial charge is 0.221 e. The van der Waals surface area contributed by atoms with E-state index < -0.39 is 0 Å². The zero-order valence-electron chi connectivity index (χ0n) is 12.1. The highest BCUT2D eigenvalue weighted by Gasteiger charge is 2.11. The molecule has 1 aromatic carbocycles. The molecule has 3 nitrogen and oxygen atoms in total. The lowest BCUT2D eigenvalue weighted by atomic mass is 10.1. The number of hydrogen-bond acceptors (Lipinski definition) is 2. The Balaban J connectivity index is 2.23. The van der Waals surface area contributed by atoms with E-state index in [0.29, 0.717) is 6.42 Å². The fraction of sp³-hybridized carbons (Fsp3) is 0.562. The molecule has 0 bridgehead atoms. The highest BCUT2D eigenvalue weighted by Crippen LogP contribution is 2.05. The fourth-order valence-corrected chi connectivity index (χ4v) is 2.14. The Morgan fingerprint density at radius 2 is 1.95 bits per heavy atom. The first-order valence-corrected chi connectivity index (χ1v) is 7.20. The van der Waals surface area contributed by atoms with Crippen LogP contribution in [0.1, 0.15) is 45.1 Å². The van der Waals surface area contributed by atoms with Gasteiger partial charge in [-0.3, -0.25) is 4.79 Å². The number of rotatable bonds is 8. The summed E-state index contributed by atoms with van der Waals surface area (Å²) in [5, 5.41) is 3.02. The molecule has 0 saturated carbocycles. The Kier molecular flexibility index (Phi) is 7.19. The molecule has 0 aliphatic carbocycles. The minimum absolute atomic E-state index is 0.00803. The summed E-state index contributed by atoms with van der Waals surface area (Å²) < 4.78 is 0. The first kappa shape index (κ1) is 15.7. The van der Waals surface area contributed by atoms with Gasteiger partial charge in [-0.1, -0.05) is 43.7 Å². The standard InChI is InChI=1S/C16H26N2O/c1-3-7-15(17)12-16(19)18-13(2)10-11-14-8-5-4-6-9-14/h4-6,8-9,13,15H,3,7,10-12,17H2,1-2H3,(H,18,19). The van der Waals surface area contributed by atoms with Crippen molar-refractivity contribution in [3.05, 3.63) is 35.9 Å². The predicted octanol–water partition coefficient (Wildman–Crippen LogP) is 2.64. The van der Waals surface area contributed by atoms with E-state index in [-0.39, 0.29) is 18.0 Å². The van der Waals surface area contributed by atoms with Crippen LogP contribution in [0.5, 0.6) is 0 Å². The van der Waals surface area contributed by atoms with Crippen molar-refractivity contribution < 1.29 is 4.79 Å². The lowest BCUT2D eigenvalue weighted by molar-refractivity contribution is -0.122. The summed E-state index contributed by atoms with van der Waals surface area (Å²) in [4.78, 5) is 11.8. The van der Waals surface area contributed by atoms with Gasteiger partial charge in [0.15, 0.2) is 0 Å². The number of nitrogens with one attached hydrogen (secondary N) is 1. The van der Waals surface area contributed by atoms with E-state index in [1.165, 1.54) is 5.56 Å². The lowest BCUT2D eigenvalue weighted by Gasteiger charge is -2.16. The van der Waals surface area contributed by atoms with E-state index in [0.717, 1.165) is 25.7 Å². The number of carbonyl (C=O) groups excluding carboxylic acids is 1. The van der Waals surface area contributed by atoms with Crippen LogP contribution in [0.3, 0.4) is 0 Å². The molecule has 1 aromatic rings. The molecule has 0 aromatic heterocycles. The molecule has 3 N–H and O–H groups in total. The van der Waals surface area contributed by atoms with E-state index in [2.05, 4.69) is 24.4 Å². The Bertz CT molecular complexity index is 364. The van der Waals surface area contributed by atoms with Gasteiger partial charge in [0.05, 0.1) is 0 Å². The quantitative estimate of drug-likeness (QED) is 0.756. The van der Waals surface area contributed by atoms with Gasteiger partial charge in [0, 0.05) is 18.5 Å². The van der Waals surface area contributed by atoms with Crippen molar-refractivity contribution in [3.8, 4) is 0 Å². The van der Waals surface area contributed by atoms with E-state index in [1.54, 1.807) is 0 Å². The van der Waals surface area contributed by atoms with Gasteiger partial charge in [-0.15, -0.1) is 0 Å². The molecule has 106 valence electrons. The van der Waals surface area contributed by atoms with Crippen LogP contribution < -0.4 is 11.1 Å². The van der Waals surface area contributed by atoms with Crippen LogP contribution in [-0.2, 0) is 11.2 Å². The highest BCUT2D eigenvalue weighted by molar-refractivity contribution is 5.76. The average molecular weight is 262 g/mol. The maximum Gasteiger partial charge on any atom is 0.221 e. The molecular formula is C16H26N2O. The Morgan fingerprint density at radius 3 is 2.58 bits per heavy atom. The third-order valence-corrected chi connectivity index (χ3v) is 3.22. The van der Waals surface area contributed by atoms with Crippen molar-refractivity contribution in [1.29, 1.82) is 0 Å². The monoisotopic (exact) mass is 262 g/mol. The van der Waals surface area contributed by atoms with E-state index >= 15 is 0 Å². The topological polar surface area (TPSA) is 55.1 Å². The second-order valence-corrected chi connectivity index (χ2v) is 5.25. The SMILES string of the molecule is CCCC(N)CC(=O)NC(C)CCc1ccccc1. The molecule has 1 amide bonds. The number of nitrogens with two attached hydrogens (primary N) is 1. The van der Waals surface area contributed by atoms with Gasteiger partial charge in [0.1, 0.15) is 0 Å². The summed E-state index contributed by atoms with van der Waals surface area (Å²) in [6.07, 6.45) is 4.31. The van der Waals surface area contributed by atoms with Crippen molar-refractivity contribution in [1.82, 2.24) is 5.32 Å². The van der Waals surface area contributed by atoms with Crippen LogP contribution in [0, 0.1) is 0 Å². The highest BCUT2D eigenvalue weighted by atomic mass is 16.1. The summed E-state index contributed by atoms with van der Waals surface area (Å²) in [7, 11) is 0.